The Hall–Kier alpha value is -1.48. The van der Waals surface area contributed by atoms with Crippen molar-refractivity contribution >= 4 is 57.1 Å². The molecule has 0 aliphatic heterocycles. The number of aromatic nitrogens is 2. The zero-order chi connectivity index (χ0) is 16.9. The topological polar surface area (TPSA) is 54.9 Å². The second-order valence-corrected chi connectivity index (χ2v) is 8.32. The Morgan fingerprint density at radius 1 is 1.29 bits per heavy atom. The van der Waals surface area contributed by atoms with Crippen LogP contribution in [0.25, 0.3) is 0 Å². The maximum atomic E-state index is 13.8. The lowest BCUT2D eigenvalue weighted by Gasteiger charge is -2.02. The third kappa shape index (κ3) is 4.54. The molecular weight excluding hydrogens is 389 g/mol. The third-order valence-electron chi connectivity index (χ3n) is 2.95. The fourth-order valence-electron chi connectivity index (χ4n) is 1.85. The normalized spacial score (nSPS) is 10.8. The van der Waals surface area contributed by atoms with E-state index in [0.717, 1.165) is 4.88 Å². The van der Waals surface area contributed by atoms with E-state index in [2.05, 4.69) is 15.5 Å². The molecule has 0 atom stereocenters. The predicted octanol–water partition coefficient (Wildman–Crippen LogP) is 4.87. The van der Waals surface area contributed by atoms with E-state index >= 15 is 0 Å². The number of benzene rings is 1. The van der Waals surface area contributed by atoms with Crippen LogP contribution in [0.5, 0.6) is 0 Å². The smallest absolute Gasteiger partial charge is 0.231 e. The molecular formula is C15H11ClFN3OS3. The van der Waals surface area contributed by atoms with E-state index in [1.54, 1.807) is 12.1 Å². The van der Waals surface area contributed by atoms with E-state index in [1.165, 1.54) is 40.5 Å². The maximum Gasteiger partial charge on any atom is 0.231 e. The Labute approximate surface area is 155 Å². The molecule has 0 unspecified atom stereocenters. The summed E-state index contributed by atoms with van der Waals surface area (Å²) in [7, 11) is 0. The molecule has 3 aromatic rings. The zero-order valence-corrected chi connectivity index (χ0v) is 15.4. The lowest BCUT2D eigenvalue weighted by atomic mass is 10.2. The number of anilines is 1. The highest BCUT2D eigenvalue weighted by molar-refractivity contribution is 8.00. The summed E-state index contributed by atoms with van der Waals surface area (Å²) in [4.78, 5) is 12.9. The molecule has 4 nitrogen and oxygen atoms in total. The number of nitrogens with zero attached hydrogens (tertiary/aromatic N) is 2. The molecule has 0 aliphatic rings. The van der Waals surface area contributed by atoms with Gasteiger partial charge in [0.05, 0.1) is 11.4 Å². The summed E-state index contributed by atoms with van der Waals surface area (Å²) in [5, 5.41) is 13.1. The summed E-state index contributed by atoms with van der Waals surface area (Å²) in [6.07, 6.45) is 0.313. The van der Waals surface area contributed by atoms with Crippen molar-refractivity contribution in [2.75, 3.05) is 5.32 Å². The van der Waals surface area contributed by atoms with Crippen molar-refractivity contribution in [1.82, 2.24) is 10.2 Å². The number of carbonyl (C=O) groups excluding carboxylic acids is 1. The van der Waals surface area contributed by atoms with Crippen LogP contribution >= 0.6 is 46.0 Å². The zero-order valence-electron chi connectivity index (χ0n) is 12.2. The van der Waals surface area contributed by atoms with Gasteiger partial charge in [-0.2, -0.15) is 0 Å². The minimum absolute atomic E-state index is 0.104. The van der Waals surface area contributed by atoms with E-state index in [1.807, 2.05) is 17.5 Å². The van der Waals surface area contributed by atoms with Crippen LogP contribution in [0.1, 0.15) is 10.4 Å². The summed E-state index contributed by atoms with van der Waals surface area (Å²) >= 11 is 9.90. The van der Waals surface area contributed by atoms with Crippen LogP contribution in [0.15, 0.2) is 40.1 Å². The van der Waals surface area contributed by atoms with E-state index in [9.17, 15) is 9.18 Å². The predicted molar refractivity (Wildman–Crippen MR) is 97.5 cm³/mol. The van der Waals surface area contributed by atoms with Crippen molar-refractivity contribution in [3.63, 3.8) is 0 Å². The molecule has 0 saturated heterocycles. The molecule has 0 spiro atoms. The van der Waals surface area contributed by atoms with Crippen molar-refractivity contribution in [3.05, 3.63) is 57.0 Å². The summed E-state index contributed by atoms with van der Waals surface area (Å²) < 4.78 is 14.5. The van der Waals surface area contributed by atoms with Crippen molar-refractivity contribution in [1.29, 1.82) is 0 Å². The summed E-state index contributed by atoms with van der Waals surface area (Å²) in [6, 6.07) is 8.71. The molecule has 1 amide bonds. The van der Waals surface area contributed by atoms with Gasteiger partial charge in [0.2, 0.25) is 11.0 Å². The van der Waals surface area contributed by atoms with Gasteiger partial charge in [-0.15, -0.1) is 21.5 Å². The lowest BCUT2D eigenvalue weighted by Crippen LogP contribution is -2.13. The number of carbonyl (C=O) groups is 1. The van der Waals surface area contributed by atoms with E-state index in [0.29, 0.717) is 27.2 Å². The Bertz CT molecular complexity index is 838. The van der Waals surface area contributed by atoms with Crippen LogP contribution in [-0.4, -0.2) is 16.1 Å². The first-order valence-corrected chi connectivity index (χ1v) is 9.89. The summed E-state index contributed by atoms with van der Waals surface area (Å²) in [6.45, 7) is 0. The summed E-state index contributed by atoms with van der Waals surface area (Å²) in [5.74, 6) is -0.156. The number of thiophene rings is 1. The third-order valence-corrected chi connectivity index (χ3v) is 6.14. The average Bonchev–Trinajstić information content (AvgIpc) is 3.21. The second kappa shape index (κ2) is 8.06. The average molecular weight is 400 g/mol. The molecule has 1 N–H and O–H groups in total. The Morgan fingerprint density at radius 2 is 2.17 bits per heavy atom. The molecule has 0 aliphatic carbocycles. The number of rotatable bonds is 6. The van der Waals surface area contributed by atoms with Crippen LogP contribution in [-0.2, 0) is 17.0 Å². The number of hydrogen-bond donors (Lipinski definition) is 1. The van der Waals surface area contributed by atoms with Gasteiger partial charge in [0.15, 0.2) is 4.34 Å². The van der Waals surface area contributed by atoms with Crippen LogP contribution in [0.3, 0.4) is 0 Å². The van der Waals surface area contributed by atoms with Crippen molar-refractivity contribution in [3.8, 4) is 0 Å². The first-order valence-electron chi connectivity index (χ1n) is 6.83. The molecule has 3 rings (SSSR count). The molecule has 0 saturated carbocycles. The van der Waals surface area contributed by atoms with Gasteiger partial charge >= 0.3 is 0 Å². The van der Waals surface area contributed by atoms with E-state index < -0.39 is 5.82 Å². The highest BCUT2D eigenvalue weighted by Crippen LogP contribution is 2.30. The molecule has 1 aromatic carbocycles. The fraction of sp³-hybridized carbons (Fsp3) is 0.133. The molecule has 0 fully saturated rings. The molecule has 0 bridgehead atoms. The summed E-state index contributed by atoms with van der Waals surface area (Å²) in [5.41, 5.74) is 0.506. The first-order chi connectivity index (χ1) is 11.6. The van der Waals surface area contributed by atoms with Gasteiger partial charge in [-0.1, -0.05) is 52.9 Å². The van der Waals surface area contributed by atoms with E-state index in [-0.39, 0.29) is 10.9 Å². The highest BCUT2D eigenvalue weighted by Gasteiger charge is 2.12. The van der Waals surface area contributed by atoms with Crippen molar-refractivity contribution in [2.24, 2.45) is 0 Å². The molecule has 9 heteroatoms. The SMILES string of the molecule is O=C(Cc1cccs1)Nc1nnc(SCc2cccc(Cl)c2F)s1. The molecule has 2 aromatic heterocycles. The van der Waals surface area contributed by atoms with Crippen LogP contribution in [0.2, 0.25) is 5.02 Å². The van der Waals surface area contributed by atoms with Crippen LogP contribution in [0, 0.1) is 5.82 Å². The van der Waals surface area contributed by atoms with Crippen molar-refractivity contribution < 1.29 is 9.18 Å². The minimum Gasteiger partial charge on any atom is -0.300 e. The van der Waals surface area contributed by atoms with Crippen LogP contribution < -0.4 is 5.32 Å². The molecule has 0 radical (unpaired) electrons. The van der Waals surface area contributed by atoms with Crippen molar-refractivity contribution in [2.45, 2.75) is 16.5 Å². The number of amides is 1. The Balaban J connectivity index is 1.55. The first kappa shape index (κ1) is 17.3. The quantitative estimate of drug-likeness (QED) is 0.474. The van der Waals surface area contributed by atoms with Gasteiger partial charge in [0, 0.05) is 10.6 Å². The molecule has 2 heterocycles. The number of nitrogens with one attached hydrogen (secondary N) is 1. The standard InChI is InChI=1S/C15H11ClFN3OS3/c16-11-5-1-3-9(13(11)17)8-23-15-20-19-14(24-15)18-12(21)7-10-4-2-6-22-10/h1-6H,7-8H2,(H,18,19,21). The number of thioether (sulfide) groups is 1. The van der Waals surface area contributed by atoms with Gasteiger partial charge in [-0.3, -0.25) is 4.79 Å². The monoisotopic (exact) mass is 399 g/mol. The lowest BCUT2D eigenvalue weighted by molar-refractivity contribution is -0.115. The van der Waals surface area contributed by atoms with E-state index in [4.69, 9.17) is 11.6 Å². The Kier molecular flexibility index (Phi) is 5.83. The molecule has 124 valence electrons. The van der Waals surface area contributed by atoms with Gasteiger partial charge < -0.3 is 5.32 Å². The minimum atomic E-state index is -0.416. The highest BCUT2D eigenvalue weighted by atomic mass is 35.5. The number of hydrogen-bond acceptors (Lipinski definition) is 6. The second-order valence-electron chi connectivity index (χ2n) is 4.68. The largest absolute Gasteiger partial charge is 0.300 e. The Morgan fingerprint density at radius 3 is 2.96 bits per heavy atom. The molecule has 24 heavy (non-hydrogen) atoms. The van der Waals surface area contributed by atoms with Gasteiger partial charge in [0.1, 0.15) is 5.82 Å². The van der Waals surface area contributed by atoms with Gasteiger partial charge in [-0.05, 0) is 23.1 Å². The number of halogens is 2. The van der Waals surface area contributed by atoms with Crippen LogP contribution in [0.4, 0.5) is 9.52 Å². The fourth-order valence-corrected chi connectivity index (χ4v) is 4.49. The maximum absolute atomic E-state index is 13.8. The van der Waals surface area contributed by atoms with Gasteiger partial charge in [0.25, 0.3) is 0 Å². The van der Waals surface area contributed by atoms with Gasteiger partial charge in [-0.25, -0.2) is 4.39 Å².